The van der Waals surface area contributed by atoms with Crippen molar-refractivity contribution in [3.63, 3.8) is 0 Å². The van der Waals surface area contributed by atoms with Crippen LogP contribution in [0.15, 0.2) is 53.6 Å². The molecule has 1 N–H and O–H groups in total. The lowest BCUT2D eigenvalue weighted by molar-refractivity contribution is -0.119. The topological polar surface area (TPSA) is 73.3 Å². The summed E-state index contributed by atoms with van der Waals surface area (Å²) in [4.78, 5) is 21.8. The van der Waals surface area contributed by atoms with Crippen molar-refractivity contribution in [2.24, 2.45) is 0 Å². The average molecular weight is 410 g/mol. The van der Waals surface area contributed by atoms with E-state index in [4.69, 9.17) is 19.4 Å². The number of carbonyl (C=O) groups is 1. The van der Waals surface area contributed by atoms with E-state index >= 15 is 0 Å². The maximum Gasteiger partial charge on any atom is 0.230 e. The summed E-state index contributed by atoms with van der Waals surface area (Å²) < 4.78 is 10.9. The molecule has 150 valence electrons. The van der Waals surface area contributed by atoms with Gasteiger partial charge in [-0.3, -0.25) is 4.79 Å². The first kappa shape index (κ1) is 19.7. The molecule has 2 heterocycles. The number of benzene rings is 2. The Kier molecular flexibility index (Phi) is 6.27. The van der Waals surface area contributed by atoms with Crippen LogP contribution in [0.2, 0.25) is 0 Å². The lowest BCUT2D eigenvalue weighted by Gasteiger charge is -2.12. The van der Waals surface area contributed by atoms with Gasteiger partial charge in [0.2, 0.25) is 5.91 Å². The molecule has 2 aromatic carbocycles. The molecule has 0 radical (unpaired) electrons. The number of fused-ring (bicyclic) bond motifs is 1. The van der Waals surface area contributed by atoms with E-state index in [1.165, 1.54) is 11.8 Å². The van der Waals surface area contributed by atoms with Gasteiger partial charge in [0.25, 0.3) is 0 Å². The van der Waals surface area contributed by atoms with Crippen LogP contribution >= 0.6 is 11.8 Å². The molecule has 3 aromatic rings. The number of thioether (sulfide) groups is 1. The Balaban J connectivity index is 1.56. The standard InChI is InChI=1S/C22H23N3O3S/c1-27-16-9-10-19-18(12-16)22(25-21(24-19)15-6-3-2-4-7-15)29-14-20(26)23-13-17-8-5-11-28-17/h2-4,6-7,9-10,12,17H,5,8,11,13-14H2,1H3,(H,23,26)/t17-/m1/s1. The minimum absolute atomic E-state index is 0.0265. The Bertz CT molecular complexity index is 991. The first-order chi connectivity index (χ1) is 14.2. The molecule has 0 bridgehead atoms. The molecule has 4 rings (SSSR count). The highest BCUT2D eigenvalue weighted by Crippen LogP contribution is 2.30. The smallest absolute Gasteiger partial charge is 0.230 e. The molecule has 1 atom stereocenters. The molecule has 1 aliphatic heterocycles. The predicted octanol–water partition coefficient (Wildman–Crippen LogP) is 3.69. The zero-order valence-electron chi connectivity index (χ0n) is 16.3. The summed E-state index contributed by atoms with van der Waals surface area (Å²) in [5.74, 6) is 1.63. The number of carbonyl (C=O) groups excluding carboxylic acids is 1. The summed E-state index contributed by atoms with van der Waals surface area (Å²) in [7, 11) is 1.63. The zero-order chi connectivity index (χ0) is 20.1. The Hall–Kier alpha value is -2.64. The largest absolute Gasteiger partial charge is 0.497 e. The van der Waals surface area contributed by atoms with Gasteiger partial charge in [0.05, 0.1) is 24.5 Å². The fourth-order valence-corrected chi connectivity index (χ4v) is 4.09. The third-order valence-electron chi connectivity index (χ3n) is 4.79. The van der Waals surface area contributed by atoms with E-state index in [1.54, 1.807) is 7.11 Å². The molecular weight excluding hydrogens is 386 g/mol. The Morgan fingerprint density at radius 1 is 1.24 bits per heavy atom. The highest BCUT2D eigenvalue weighted by atomic mass is 32.2. The van der Waals surface area contributed by atoms with Crippen molar-refractivity contribution in [2.75, 3.05) is 26.0 Å². The highest BCUT2D eigenvalue weighted by Gasteiger charge is 2.17. The van der Waals surface area contributed by atoms with Gasteiger partial charge in [-0.15, -0.1) is 0 Å². The number of methoxy groups -OCH3 is 1. The minimum Gasteiger partial charge on any atom is -0.497 e. The molecule has 7 heteroatoms. The average Bonchev–Trinajstić information content (AvgIpc) is 3.30. The van der Waals surface area contributed by atoms with Crippen LogP contribution in [0.5, 0.6) is 5.75 Å². The van der Waals surface area contributed by atoms with E-state index in [9.17, 15) is 4.79 Å². The van der Waals surface area contributed by atoms with E-state index in [0.29, 0.717) is 12.4 Å². The molecule has 0 spiro atoms. The van der Waals surface area contributed by atoms with Gasteiger partial charge >= 0.3 is 0 Å². The normalized spacial score (nSPS) is 16.1. The predicted molar refractivity (Wildman–Crippen MR) is 114 cm³/mol. The van der Waals surface area contributed by atoms with Crippen molar-refractivity contribution < 1.29 is 14.3 Å². The fraction of sp³-hybridized carbons (Fsp3) is 0.318. The second kappa shape index (κ2) is 9.24. The van der Waals surface area contributed by atoms with Crippen LogP contribution < -0.4 is 10.1 Å². The first-order valence-corrected chi connectivity index (χ1v) is 10.6. The zero-order valence-corrected chi connectivity index (χ0v) is 17.1. The van der Waals surface area contributed by atoms with E-state index in [0.717, 1.165) is 46.7 Å². The van der Waals surface area contributed by atoms with Crippen LogP contribution in [0.4, 0.5) is 0 Å². The van der Waals surface area contributed by atoms with Gasteiger partial charge in [-0.2, -0.15) is 0 Å². The number of nitrogens with zero attached hydrogens (tertiary/aromatic N) is 2. The quantitative estimate of drug-likeness (QED) is 0.474. The van der Waals surface area contributed by atoms with Crippen molar-refractivity contribution in [2.45, 2.75) is 24.0 Å². The summed E-state index contributed by atoms with van der Waals surface area (Å²) in [6.07, 6.45) is 2.20. The van der Waals surface area contributed by atoms with Crippen LogP contribution in [0.3, 0.4) is 0 Å². The Morgan fingerprint density at radius 2 is 2.10 bits per heavy atom. The lowest BCUT2D eigenvalue weighted by Crippen LogP contribution is -2.32. The molecule has 0 aliphatic carbocycles. The van der Waals surface area contributed by atoms with Gasteiger partial charge in [0, 0.05) is 24.1 Å². The van der Waals surface area contributed by atoms with Gasteiger partial charge in [-0.25, -0.2) is 9.97 Å². The molecule has 29 heavy (non-hydrogen) atoms. The van der Waals surface area contributed by atoms with E-state index in [-0.39, 0.29) is 17.8 Å². The third-order valence-corrected chi connectivity index (χ3v) is 5.78. The summed E-state index contributed by atoms with van der Waals surface area (Å²) in [6.45, 7) is 1.35. The Labute approximate surface area is 174 Å². The van der Waals surface area contributed by atoms with E-state index in [2.05, 4.69) is 5.32 Å². The molecule has 1 saturated heterocycles. The van der Waals surface area contributed by atoms with Crippen molar-refractivity contribution in [1.29, 1.82) is 0 Å². The fourth-order valence-electron chi connectivity index (χ4n) is 3.25. The van der Waals surface area contributed by atoms with Crippen molar-refractivity contribution in [1.82, 2.24) is 15.3 Å². The SMILES string of the molecule is COc1ccc2nc(-c3ccccc3)nc(SCC(=O)NC[C@H]3CCCO3)c2c1. The van der Waals surface area contributed by atoms with Crippen LogP contribution in [0.25, 0.3) is 22.3 Å². The summed E-state index contributed by atoms with van der Waals surface area (Å²) in [5, 5.41) is 4.60. The molecule has 1 aliphatic rings. The van der Waals surface area contributed by atoms with Crippen molar-refractivity contribution in [3.05, 3.63) is 48.5 Å². The van der Waals surface area contributed by atoms with Gasteiger partial charge < -0.3 is 14.8 Å². The van der Waals surface area contributed by atoms with Crippen LogP contribution in [-0.2, 0) is 9.53 Å². The molecular formula is C22H23N3O3S. The van der Waals surface area contributed by atoms with E-state index < -0.39 is 0 Å². The number of amides is 1. The van der Waals surface area contributed by atoms with Crippen LogP contribution in [-0.4, -0.2) is 48.0 Å². The van der Waals surface area contributed by atoms with E-state index in [1.807, 2.05) is 48.5 Å². The monoisotopic (exact) mass is 409 g/mol. The first-order valence-electron chi connectivity index (χ1n) is 9.65. The summed E-state index contributed by atoms with van der Waals surface area (Å²) >= 11 is 1.41. The third kappa shape index (κ3) is 4.86. The molecule has 6 nitrogen and oxygen atoms in total. The molecule has 0 unspecified atom stereocenters. The molecule has 1 amide bonds. The maximum absolute atomic E-state index is 12.3. The second-order valence-electron chi connectivity index (χ2n) is 6.83. The van der Waals surface area contributed by atoms with Crippen molar-refractivity contribution in [3.8, 4) is 17.1 Å². The highest BCUT2D eigenvalue weighted by molar-refractivity contribution is 8.00. The number of hydrogen-bond acceptors (Lipinski definition) is 6. The number of nitrogens with one attached hydrogen (secondary N) is 1. The summed E-state index contributed by atoms with van der Waals surface area (Å²) in [6, 6.07) is 15.6. The number of hydrogen-bond donors (Lipinski definition) is 1. The van der Waals surface area contributed by atoms with Gasteiger partial charge in [0.15, 0.2) is 5.82 Å². The van der Waals surface area contributed by atoms with Crippen molar-refractivity contribution >= 4 is 28.6 Å². The van der Waals surface area contributed by atoms with Gasteiger partial charge in [-0.1, -0.05) is 42.1 Å². The van der Waals surface area contributed by atoms with Gasteiger partial charge in [0.1, 0.15) is 10.8 Å². The number of ether oxygens (including phenoxy) is 2. The maximum atomic E-state index is 12.3. The molecule has 1 aromatic heterocycles. The summed E-state index contributed by atoms with van der Waals surface area (Å²) in [5.41, 5.74) is 1.76. The van der Waals surface area contributed by atoms with Crippen LogP contribution in [0, 0.1) is 0 Å². The lowest BCUT2D eigenvalue weighted by atomic mass is 10.2. The number of rotatable bonds is 7. The minimum atomic E-state index is -0.0265. The Morgan fingerprint density at radius 3 is 2.86 bits per heavy atom. The molecule has 0 saturated carbocycles. The van der Waals surface area contributed by atoms with Crippen LogP contribution in [0.1, 0.15) is 12.8 Å². The van der Waals surface area contributed by atoms with Gasteiger partial charge in [-0.05, 0) is 31.0 Å². The molecule has 1 fully saturated rings. The second-order valence-corrected chi connectivity index (χ2v) is 7.79. The number of aromatic nitrogens is 2.